The molecule has 17 heavy (non-hydrogen) atoms. The average molecular weight is 237 g/mol. The van der Waals surface area contributed by atoms with Crippen LogP contribution in [0.25, 0.3) is 0 Å². The Morgan fingerprint density at radius 2 is 2.24 bits per heavy atom. The number of aliphatic carboxylic acids is 1. The minimum absolute atomic E-state index is 0.0864. The molecule has 1 aromatic heterocycles. The molecule has 92 valence electrons. The smallest absolute Gasteiger partial charge is 0.303 e. The van der Waals surface area contributed by atoms with Gasteiger partial charge in [-0.2, -0.15) is 0 Å². The fourth-order valence-corrected chi connectivity index (χ4v) is 1.47. The Hall–Kier alpha value is -2.11. The van der Waals surface area contributed by atoms with Crippen molar-refractivity contribution in [2.24, 2.45) is 5.73 Å². The summed E-state index contributed by atoms with van der Waals surface area (Å²) in [7, 11) is 1.75. The van der Waals surface area contributed by atoms with Gasteiger partial charge in [0.15, 0.2) is 0 Å². The molecule has 0 fully saturated rings. The van der Waals surface area contributed by atoms with E-state index < -0.39 is 11.9 Å². The number of nitrogens with zero attached hydrogens (tertiary/aromatic N) is 2. The number of amides is 1. The number of hydrogen-bond acceptors (Lipinski definition) is 4. The van der Waals surface area contributed by atoms with Crippen molar-refractivity contribution >= 4 is 17.7 Å². The number of anilines is 1. The molecule has 6 heteroatoms. The van der Waals surface area contributed by atoms with Crippen LogP contribution < -0.4 is 10.6 Å². The summed E-state index contributed by atoms with van der Waals surface area (Å²) in [6.45, 7) is 0.504. The van der Waals surface area contributed by atoms with Gasteiger partial charge in [-0.1, -0.05) is 0 Å². The van der Waals surface area contributed by atoms with Crippen molar-refractivity contribution in [2.75, 3.05) is 18.5 Å². The molecule has 0 atom stereocenters. The first-order valence-electron chi connectivity index (χ1n) is 5.20. The van der Waals surface area contributed by atoms with Gasteiger partial charge in [-0.3, -0.25) is 9.59 Å². The Morgan fingerprint density at radius 1 is 1.53 bits per heavy atom. The maximum absolute atomic E-state index is 11.2. The van der Waals surface area contributed by atoms with Crippen LogP contribution >= 0.6 is 0 Å². The van der Waals surface area contributed by atoms with Crippen LogP contribution in [0.4, 0.5) is 5.82 Å². The third-order valence-electron chi connectivity index (χ3n) is 2.30. The third kappa shape index (κ3) is 3.75. The number of carbonyl (C=O) groups excluding carboxylic acids is 1. The van der Waals surface area contributed by atoms with Crippen LogP contribution in [0.15, 0.2) is 18.3 Å². The summed E-state index contributed by atoms with van der Waals surface area (Å²) in [4.78, 5) is 27.4. The number of nitrogens with two attached hydrogens (primary N) is 1. The van der Waals surface area contributed by atoms with E-state index in [-0.39, 0.29) is 6.42 Å². The van der Waals surface area contributed by atoms with Crippen molar-refractivity contribution in [3.63, 3.8) is 0 Å². The Balaban J connectivity index is 2.71. The standard InChI is InChI=1S/C11H15N3O3/c1-14(7-3-5-9(15)16)11-8(10(12)17)4-2-6-13-11/h2,4,6H,3,5,7H2,1H3,(H2,12,17)(H,15,16). The Labute approximate surface area is 99.1 Å². The molecular weight excluding hydrogens is 222 g/mol. The Bertz CT molecular complexity index is 420. The highest BCUT2D eigenvalue weighted by molar-refractivity contribution is 5.97. The Kier molecular flexibility index (Phi) is 4.45. The summed E-state index contributed by atoms with van der Waals surface area (Å²) >= 11 is 0. The zero-order chi connectivity index (χ0) is 12.8. The lowest BCUT2D eigenvalue weighted by molar-refractivity contribution is -0.137. The molecular formula is C11H15N3O3. The zero-order valence-corrected chi connectivity index (χ0v) is 9.59. The maximum atomic E-state index is 11.2. The van der Waals surface area contributed by atoms with Gasteiger partial charge in [0, 0.05) is 26.2 Å². The van der Waals surface area contributed by atoms with E-state index in [4.69, 9.17) is 10.8 Å². The maximum Gasteiger partial charge on any atom is 0.303 e. The molecule has 6 nitrogen and oxygen atoms in total. The summed E-state index contributed by atoms with van der Waals surface area (Å²) in [5, 5.41) is 8.53. The molecule has 0 saturated heterocycles. The fraction of sp³-hybridized carbons (Fsp3) is 0.364. The third-order valence-corrected chi connectivity index (χ3v) is 2.30. The highest BCUT2D eigenvalue weighted by atomic mass is 16.4. The fourth-order valence-electron chi connectivity index (χ4n) is 1.47. The van der Waals surface area contributed by atoms with Crippen molar-refractivity contribution in [1.82, 2.24) is 4.98 Å². The van der Waals surface area contributed by atoms with E-state index >= 15 is 0 Å². The molecule has 0 bridgehead atoms. The number of primary amides is 1. The molecule has 1 heterocycles. The molecule has 0 saturated carbocycles. The second-order valence-corrected chi connectivity index (χ2v) is 3.66. The second-order valence-electron chi connectivity index (χ2n) is 3.66. The number of hydrogen-bond donors (Lipinski definition) is 2. The van der Waals surface area contributed by atoms with Crippen LogP contribution in [-0.4, -0.2) is 35.6 Å². The van der Waals surface area contributed by atoms with Crippen LogP contribution in [0.2, 0.25) is 0 Å². The topological polar surface area (TPSA) is 96.5 Å². The molecule has 1 aromatic rings. The number of pyridine rings is 1. The first-order valence-corrected chi connectivity index (χ1v) is 5.20. The van der Waals surface area contributed by atoms with E-state index in [1.54, 1.807) is 30.3 Å². The van der Waals surface area contributed by atoms with Crippen LogP contribution in [0.1, 0.15) is 23.2 Å². The summed E-state index contributed by atoms with van der Waals surface area (Å²) in [6, 6.07) is 3.23. The highest BCUT2D eigenvalue weighted by Crippen LogP contribution is 2.15. The van der Waals surface area contributed by atoms with Crippen LogP contribution in [0, 0.1) is 0 Å². The normalized spacial score (nSPS) is 9.94. The van der Waals surface area contributed by atoms with Crippen LogP contribution in [-0.2, 0) is 4.79 Å². The van der Waals surface area contributed by atoms with Gasteiger partial charge in [-0.25, -0.2) is 4.98 Å². The second kappa shape index (κ2) is 5.83. The number of rotatable bonds is 6. The number of carboxylic acids is 1. The molecule has 1 rings (SSSR count). The highest BCUT2D eigenvalue weighted by Gasteiger charge is 2.12. The molecule has 1 amide bonds. The lowest BCUT2D eigenvalue weighted by Crippen LogP contribution is -2.24. The molecule has 0 unspecified atom stereocenters. The van der Waals surface area contributed by atoms with E-state index in [9.17, 15) is 9.59 Å². The summed E-state index contributed by atoms with van der Waals surface area (Å²) in [6.07, 6.45) is 2.14. The van der Waals surface area contributed by atoms with Gasteiger partial charge in [-0.15, -0.1) is 0 Å². The van der Waals surface area contributed by atoms with Crippen LogP contribution in [0.5, 0.6) is 0 Å². The lowest BCUT2D eigenvalue weighted by atomic mass is 10.2. The van der Waals surface area contributed by atoms with Crippen molar-refractivity contribution < 1.29 is 14.7 Å². The Morgan fingerprint density at radius 3 is 2.82 bits per heavy atom. The summed E-state index contributed by atoms with van der Waals surface area (Å²) < 4.78 is 0. The number of aromatic nitrogens is 1. The van der Waals surface area contributed by atoms with Crippen molar-refractivity contribution in [2.45, 2.75) is 12.8 Å². The first-order chi connectivity index (χ1) is 8.02. The van der Waals surface area contributed by atoms with E-state index in [1.807, 2.05) is 0 Å². The van der Waals surface area contributed by atoms with Gasteiger partial charge in [-0.05, 0) is 18.6 Å². The van der Waals surface area contributed by atoms with E-state index in [0.29, 0.717) is 24.3 Å². The largest absolute Gasteiger partial charge is 0.481 e. The van der Waals surface area contributed by atoms with Crippen molar-refractivity contribution in [3.8, 4) is 0 Å². The van der Waals surface area contributed by atoms with Crippen LogP contribution in [0.3, 0.4) is 0 Å². The van der Waals surface area contributed by atoms with Gasteiger partial charge in [0.1, 0.15) is 5.82 Å². The molecule has 0 aliphatic heterocycles. The molecule has 0 aliphatic carbocycles. The molecule has 0 radical (unpaired) electrons. The van der Waals surface area contributed by atoms with Gasteiger partial charge in [0.25, 0.3) is 5.91 Å². The molecule has 0 spiro atoms. The van der Waals surface area contributed by atoms with Gasteiger partial charge < -0.3 is 15.7 Å². The molecule has 0 aromatic carbocycles. The molecule has 0 aliphatic rings. The first kappa shape index (κ1) is 13.0. The quantitative estimate of drug-likeness (QED) is 0.750. The van der Waals surface area contributed by atoms with E-state index in [2.05, 4.69) is 4.98 Å². The van der Waals surface area contributed by atoms with E-state index in [1.165, 1.54) is 0 Å². The van der Waals surface area contributed by atoms with Crippen molar-refractivity contribution in [3.05, 3.63) is 23.9 Å². The monoisotopic (exact) mass is 237 g/mol. The van der Waals surface area contributed by atoms with Crippen molar-refractivity contribution in [1.29, 1.82) is 0 Å². The van der Waals surface area contributed by atoms with Gasteiger partial charge in [0.05, 0.1) is 5.56 Å². The summed E-state index contributed by atoms with van der Waals surface area (Å²) in [5.74, 6) is -0.905. The predicted molar refractivity (Wildman–Crippen MR) is 62.9 cm³/mol. The SMILES string of the molecule is CN(CCCC(=O)O)c1ncccc1C(N)=O. The van der Waals surface area contributed by atoms with Gasteiger partial charge >= 0.3 is 5.97 Å². The van der Waals surface area contributed by atoms with Gasteiger partial charge in [0.2, 0.25) is 0 Å². The predicted octanol–water partition coefficient (Wildman–Crippen LogP) is 0.481. The average Bonchev–Trinajstić information content (AvgIpc) is 2.28. The summed E-state index contributed by atoms with van der Waals surface area (Å²) in [5.41, 5.74) is 5.57. The minimum atomic E-state index is -0.838. The van der Waals surface area contributed by atoms with E-state index in [0.717, 1.165) is 0 Å². The number of carboxylic acid groups (broad SMARTS) is 1. The minimum Gasteiger partial charge on any atom is -0.481 e. The molecule has 3 N–H and O–H groups in total. The zero-order valence-electron chi connectivity index (χ0n) is 9.59. The number of carbonyl (C=O) groups is 2. The lowest BCUT2D eigenvalue weighted by Gasteiger charge is -2.19.